The summed E-state index contributed by atoms with van der Waals surface area (Å²) in [6.07, 6.45) is 5.95. The lowest BCUT2D eigenvalue weighted by molar-refractivity contribution is -0.146. The van der Waals surface area contributed by atoms with E-state index in [9.17, 15) is 57.5 Å². The van der Waals surface area contributed by atoms with Gasteiger partial charge in [-0.3, -0.25) is 57.5 Å². The van der Waals surface area contributed by atoms with Gasteiger partial charge in [0.25, 0.3) is 0 Å². The summed E-state index contributed by atoms with van der Waals surface area (Å²) in [5.41, 5.74) is 35.6. The summed E-state index contributed by atoms with van der Waals surface area (Å²) < 4.78 is 5.19. The van der Waals surface area contributed by atoms with Crippen LogP contribution in [0.25, 0.3) is 0 Å². The second-order valence-electron chi connectivity index (χ2n) is 20.0. The number of carbonyl (C=O) groups excluding carboxylic acids is 12. The molecule has 2 aromatic rings. The number of nitrogens with two attached hydrogens (primary N) is 6. The SMILES string of the molecule is CCN(CN)C(=O)CN(Cc1ccc(OC)cc1)C(=O)CN(CN)C(=O)CN(CN)C(=O)CNCCc1cc[nH]c1.CSCCC(NC(=O)CCC(=O)CCC(=O)CCC(=O)CN(CN)C(=O)CN(CC(C)C)C(=O)CN(CN)C(C)=O)C(N)=O. The molecular formula is C55H92N16O13S. The van der Waals surface area contributed by atoms with E-state index in [2.05, 4.69) is 15.6 Å². The Morgan fingerprint density at radius 3 is 1.54 bits per heavy atom. The van der Waals surface area contributed by atoms with Gasteiger partial charge in [-0.25, -0.2) is 0 Å². The molecule has 476 valence electrons. The largest absolute Gasteiger partial charge is 0.497 e. The van der Waals surface area contributed by atoms with Crippen molar-refractivity contribution in [1.29, 1.82) is 0 Å². The van der Waals surface area contributed by atoms with E-state index >= 15 is 0 Å². The van der Waals surface area contributed by atoms with Crippen molar-refractivity contribution >= 4 is 82.3 Å². The summed E-state index contributed by atoms with van der Waals surface area (Å²) in [5.74, 6) is -4.02. The quantitative estimate of drug-likeness (QED) is 0.0239. The Hall–Kier alpha value is -7.35. The van der Waals surface area contributed by atoms with Crippen molar-refractivity contribution in [2.45, 2.75) is 91.6 Å². The van der Waals surface area contributed by atoms with Gasteiger partial charge in [-0.05, 0) is 73.6 Å². The number of aromatic nitrogens is 1. The molecule has 85 heavy (non-hydrogen) atoms. The molecule has 0 saturated carbocycles. The second kappa shape index (κ2) is 42.5. The fourth-order valence-corrected chi connectivity index (χ4v) is 8.34. The van der Waals surface area contributed by atoms with E-state index in [4.69, 9.17) is 39.1 Å². The fourth-order valence-electron chi connectivity index (χ4n) is 7.86. The van der Waals surface area contributed by atoms with Crippen LogP contribution >= 0.6 is 11.8 Å². The van der Waals surface area contributed by atoms with E-state index in [1.165, 1.54) is 38.3 Å². The molecule has 30 heteroatoms. The van der Waals surface area contributed by atoms with Gasteiger partial charge in [-0.2, -0.15) is 11.8 Å². The number of nitrogens with zero attached hydrogens (tertiary/aromatic N) is 7. The lowest BCUT2D eigenvalue weighted by Gasteiger charge is -2.30. The van der Waals surface area contributed by atoms with Crippen LogP contribution in [0.5, 0.6) is 5.75 Å². The summed E-state index contributed by atoms with van der Waals surface area (Å²) in [7, 11) is 1.55. The molecule has 0 spiro atoms. The molecule has 1 atom stereocenters. The van der Waals surface area contributed by atoms with Crippen molar-refractivity contribution in [2.24, 2.45) is 40.3 Å². The van der Waals surface area contributed by atoms with Crippen molar-refractivity contribution in [3.8, 4) is 5.75 Å². The number of benzene rings is 1. The highest BCUT2D eigenvalue weighted by atomic mass is 32.2. The summed E-state index contributed by atoms with van der Waals surface area (Å²) in [6.45, 7) is 5.27. The van der Waals surface area contributed by atoms with E-state index in [0.29, 0.717) is 31.0 Å². The molecule has 0 aliphatic heterocycles. The van der Waals surface area contributed by atoms with Gasteiger partial charge in [0, 0.05) is 77.5 Å². The van der Waals surface area contributed by atoms with Gasteiger partial charge in [-0.1, -0.05) is 26.0 Å². The summed E-state index contributed by atoms with van der Waals surface area (Å²) in [5, 5.41) is 5.56. The van der Waals surface area contributed by atoms with Crippen LogP contribution in [-0.4, -0.2) is 234 Å². The number of thioether (sulfide) groups is 1. The zero-order chi connectivity index (χ0) is 64.0. The number of H-pyrrole nitrogens is 1. The predicted molar refractivity (Wildman–Crippen MR) is 319 cm³/mol. The van der Waals surface area contributed by atoms with Crippen molar-refractivity contribution < 1.29 is 62.3 Å². The second-order valence-corrected chi connectivity index (χ2v) is 21.0. The van der Waals surface area contributed by atoms with Crippen LogP contribution in [0, 0.1) is 5.92 Å². The minimum atomic E-state index is -0.809. The van der Waals surface area contributed by atoms with E-state index in [0.717, 1.165) is 32.2 Å². The normalized spacial score (nSPS) is 11.1. The molecule has 1 unspecified atom stereocenters. The third kappa shape index (κ3) is 30.9. The van der Waals surface area contributed by atoms with E-state index in [-0.39, 0.29) is 166 Å². The van der Waals surface area contributed by atoms with E-state index < -0.39 is 47.3 Å². The number of methoxy groups -OCH3 is 1. The lowest BCUT2D eigenvalue weighted by atomic mass is 10.0. The first-order chi connectivity index (χ1) is 40.4. The van der Waals surface area contributed by atoms with E-state index in [1.807, 2.05) is 38.6 Å². The molecule has 1 aromatic carbocycles. The van der Waals surface area contributed by atoms with Gasteiger partial charge < -0.3 is 89.1 Å². The van der Waals surface area contributed by atoms with Crippen LogP contribution in [0.2, 0.25) is 0 Å². The first-order valence-electron chi connectivity index (χ1n) is 27.9. The topological polar surface area (TPSA) is 433 Å². The first-order valence-corrected chi connectivity index (χ1v) is 29.3. The molecule has 1 aromatic heterocycles. The number of Topliss-reactive ketones (excluding diaryl/α,β-unsaturated/α-hetero) is 3. The standard InChI is InChI=1S/C28H49N7O8S.C27H43N9O5/c1-19(2)13-33(26(41)16-34(17-29)20(3)36)15-27(42)35(18-30)14-23(39)8-7-21(37)5-6-22(38)9-10-25(40)32-24(28(31)43)11-12-44-4;1-3-33(18-28)25(38)15-34(14-22-4-6-23(41-2)7-5-22)26(39)16-36(20-30)27(40)17-35(19-29)24(37)13-32-11-9-21-8-10-31-12-21/h19,24H,5-18,29-30H2,1-4H3,(H2,31,43)(H,32,40);4-8,10,12,31-32H,3,9,11,13-20,28-30H2,1-2H3. The number of amides is 9. The monoisotopic (exact) mass is 1220 g/mol. The minimum absolute atomic E-state index is 0.00325. The van der Waals surface area contributed by atoms with Crippen LogP contribution in [0.15, 0.2) is 42.7 Å². The Morgan fingerprint density at radius 1 is 0.588 bits per heavy atom. The number of likely N-dealkylation sites (N-methyl/N-ethyl adjacent to an activating group) is 1. The summed E-state index contributed by atoms with van der Waals surface area (Å²) in [6, 6.07) is 8.21. The molecule has 0 radical (unpaired) electrons. The van der Waals surface area contributed by atoms with Crippen molar-refractivity contribution in [3.63, 3.8) is 0 Å². The number of rotatable bonds is 42. The predicted octanol–water partition coefficient (Wildman–Crippen LogP) is -2.81. The van der Waals surface area contributed by atoms with Crippen LogP contribution in [0.4, 0.5) is 0 Å². The zero-order valence-electron chi connectivity index (χ0n) is 50.2. The average Bonchev–Trinajstić information content (AvgIpc) is 4.01. The molecule has 15 N–H and O–H groups in total. The number of nitrogens with one attached hydrogen (secondary N) is 3. The molecule has 0 aliphatic rings. The van der Waals surface area contributed by atoms with Crippen LogP contribution in [-0.2, 0) is 70.5 Å². The Bertz CT molecular complexity index is 2450. The maximum Gasteiger partial charge on any atom is 0.243 e. The third-order valence-electron chi connectivity index (χ3n) is 13.0. The Balaban J connectivity index is 0.000000851. The number of ether oxygens (including phenoxy) is 1. The molecule has 0 bridgehead atoms. The van der Waals surface area contributed by atoms with Gasteiger partial charge in [0.05, 0.1) is 60.1 Å². The van der Waals surface area contributed by atoms with Crippen molar-refractivity contribution in [2.75, 3.05) is 118 Å². The Labute approximate surface area is 502 Å². The van der Waals surface area contributed by atoms with Gasteiger partial charge in [-0.15, -0.1) is 0 Å². The van der Waals surface area contributed by atoms with Gasteiger partial charge in [0.1, 0.15) is 49.5 Å². The van der Waals surface area contributed by atoms with Gasteiger partial charge in [0.15, 0.2) is 5.78 Å². The van der Waals surface area contributed by atoms with E-state index in [1.54, 1.807) is 38.3 Å². The lowest BCUT2D eigenvalue weighted by Crippen LogP contribution is -2.52. The molecule has 0 aliphatic carbocycles. The number of hydrogen-bond donors (Lipinski definition) is 9. The number of ketones is 3. The number of aromatic amines is 1. The molecule has 2 rings (SSSR count). The third-order valence-corrected chi connectivity index (χ3v) is 13.6. The minimum Gasteiger partial charge on any atom is -0.497 e. The Kier molecular flexibility index (Phi) is 37.8. The van der Waals surface area contributed by atoms with Crippen molar-refractivity contribution in [1.82, 2.24) is 49.9 Å². The zero-order valence-corrected chi connectivity index (χ0v) is 51.0. The smallest absolute Gasteiger partial charge is 0.243 e. The molecule has 9 amide bonds. The van der Waals surface area contributed by atoms with Gasteiger partial charge >= 0.3 is 0 Å². The molecule has 0 saturated heterocycles. The average molecular weight is 1220 g/mol. The highest BCUT2D eigenvalue weighted by Crippen LogP contribution is 2.15. The molecular weight excluding hydrogens is 1120 g/mol. The molecule has 1 heterocycles. The van der Waals surface area contributed by atoms with Crippen LogP contribution in [0.1, 0.15) is 83.8 Å². The summed E-state index contributed by atoms with van der Waals surface area (Å²) >= 11 is 1.50. The highest BCUT2D eigenvalue weighted by molar-refractivity contribution is 7.98. The van der Waals surface area contributed by atoms with Crippen LogP contribution < -0.4 is 49.8 Å². The highest BCUT2D eigenvalue weighted by Gasteiger charge is 2.28. The van der Waals surface area contributed by atoms with Crippen LogP contribution in [0.3, 0.4) is 0 Å². The maximum absolute atomic E-state index is 13.4. The Morgan fingerprint density at radius 2 is 1.06 bits per heavy atom. The number of hydrogen-bond acceptors (Lipinski definition) is 20. The fraction of sp³-hybridized carbons (Fsp3) is 0.600. The maximum atomic E-state index is 13.4. The van der Waals surface area contributed by atoms with Crippen molar-refractivity contribution in [3.05, 3.63) is 53.9 Å². The molecule has 29 nitrogen and oxygen atoms in total. The first kappa shape index (κ1) is 75.7. The molecule has 0 fully saturated rings. The van der Waals surface area contributed by atoms with Gasteiger partial charge in [0.2, 0.25) is 53.2 Å². The summed E-state index contributed by atoms with van der Waals surface area (Å²) in [4.78, 5) is 161. The number of carbonyl (C=O) groups is 12. The number of primary amides is 1.